The lowest BCUT2D eigenvalue weighted by molar-refractivity contribution is 0.572. The number of guanidine groups is 1. The fourth-order valence-corrected chi connectivity index (χ4v) is 3.38. The van der Waals surface area contributed by atoms with Gasteiger partial charge in [-0.25, -0.2) is 19.4 Å². The van der Waals surface area contributed by atoms with Crippen LogP contribution in [0.3, 0.4) is 0 Å². The van der Waals surface area contributed by atoms with Gasteiger partial charge in [-0.05, 0) is 50.6 Å². The number of hydrogen-bond acceptors (Lipinski definition) is 4. The van der Waals surface area contributed by atoms with Gasteiger partial charge in [-0.2, -0.15) is 0 Å². The van der Waals surface area contributed by atoms with Gasteiger partial charge in [-0.1, -0.05) is 23.8 Å². The summed E-state index contributed by atoms with van der Waals surface area (Å²) in [6, 6.07) is 13.2. The summed E-state index contributed by atoms with van der Waals surface area (Å²) in [6.07, 6.45) is 5.03. The minimum atomic E-state index is -0.312. The Morgan fingerprint density at radius 2 is 1.94 bits per heavy atom. The van der Waals surface area contributed by atoms with E-state index in [4.69, 9.17) is 4.42 Å². The number of halogens is 1. The van der Waals surface area contributed by atoms with E-state index in [0.29, 0.717) is 37.2 Å². The van der Waals surface area contributed by atoms with Crippen molar-refractivity contribution in [3.8, 4) is 17.1 Å². The molecule has 0 amide bonds. The number of oxazole rings is 1. The summed E-state index contributed by atoms with van der Waals surface area (Å²) in [5.74, 6) is 1.62. The fourth-order valence-electron chi connectivity index (χ4n) is 3.38. The Morgan fingerprint density at radius 1 is 1.12 bits per heavy atom. The van der Waals surface area contributed by atoms with Gasteiger partial charge in [0.2, 0.25) is 5.89 Å². The average molecular weight is 447 g/mol. The fraction of sp³-hybridized carbons (Fsp3) is 0.240. The molecular weight excluding hydrogens is 419 g/mol. The van der Waals surface area contributed by atoms with Crippen molar-refractivity contribution in [3.05, 3.63) is 89.6 Å². The molecule has 2 aromatic carbocycles. The molecule has 33 heavy (non-hydrogen) atoms. The first-order chi connectivity index (χ1) is 16.0. The van der Waals surface area contributed by atoms with E-state index in [0.717, 1.165) is 22.6 Å². The van der Waals surface area contributed by atoms with Gasteiger partial charge < -0.3 is 19.6 Å². The Labute approximate surface area is 192 Å². The van der Waals surface area contributed by atoms with Crippen molar-refractivity contribution in [3.63, 3.8) is 0 Å². The summed E-state index contributed by atoms with van der Waals surface area (Å²) >= 11 is 0. The van der Waals surface area contributed by atoms with E-state index in [1.54, 1.807) is 29.3 Å². The third-order valence-corrected chi connectivity index (χ3v) is 5.15. The monoisotopic (exact) mass is 446 g/mol. The topological polar surface area (TPSA) is 80.3 Å². The lowest BCUT2D eigenvalue weighted by Crippen LogP contribution is -2.36. The second-order valence-corrected chi connectivity index (χ2v) is 7.69. The van der Waals surface area contributed by atoms with Crippen LogP contribution in [0.1, 0.15) is 29.6 Å². The molecule has 0 aliphatic rings. The van der Waals surface area contributed by atoms with E-state index < -0.39 is 0 Å². The lowest BCUT2D eigenvalue weighted by Gasteiger charge is -2.11. The standard InChI is InChI=1S/C25H27FN6O/c1-4-27-25(30-15-21-16-33-24(31-21)20-8-5-17(2)6-9-20)29-14-19-7-10-23(22(26)13-19)32-12-11-28-18(32)3/h5-13,16H,4,14-15H2,1-3H3,(H2,27,29,30). The van der Waals surface area contributed by atoms with Gasteiger partial charge >= 0.3 is 0 Å². The highest BCUT2D eigenvalue weighted by Gasteiger charge is 2.09. The van der Waals surface area contributed by atoms with E-state index >= 15 is 0 Å². The summed E-state index contributed by atoms with van der Waals surface area (Å²) in [7, 11) is 0. The SMILES string of the molecule is CCNC(=NCc1ccc(-n2ccnc2C)c(F)c1)NCc1coc(-c2ccc(C)cc2)n1. The molecule has 0 aliphatic carbocycles. The second-order valence-electron chi connectivity index (χ2n) is 7.69. The van der Waals surface area contributed by atoms with Crippen LogP contribution in [-0.4, -0.2) is 27.0 Å². The zero-order chi connectivity index (χ0) is 23.2. The molecule has 0 bridgehead atoms. The molecule has 0 saturated carbocycles. The summed E-state index contributed by atoms with van der Waals surface area (Å²) in [5.41, 5.74) is 4.13. The summed E-state index contributed by atoms with van der Waals surface area (Å²) in [5, 5.41) is 6.45. The number of aromatic nitrogens is 3. The maximum Gasteiger partial charge on any atom is 0.226 e. The third kappa shape index (κ3) is 5.46. The van der Waals surface area contributed by atoms with Crippen molar-refractivity contribution in [2.75, 3.05) is 6.54 Å². The van der Waals surface area contributed by atoms with Gasteiger partial charge in [-0.15, -0.1) is 0 Å². The number of aryl methyl sites for hydroxylation is 2. The average Bonchev–Trinajstić information content (AvgIpc) is 3.45. The predicted molar refractivity (Wildman–Crippen MR) is 127 cm³/mol. The van der Waals surface area contributed by atoms with Gasteiger partial charge in [0.15, 0.2) is 5.96 Å². The third-order valence-electron chi connectivity index (χ3n) is 5.15. The first-order valence-electron chi connectivity index (χ1n) is 10.9. The van der Waals surface area contributed by atoms with Gasteiger partial charge in [0.25, 0.3) is 0 Å². The Kier molecular flexibility index (Phi) is 6.83. The highest BCUT2D eigenvalue weighted by atomic mass is 19.1. The molecule has 0 fully saturated rings. The Morgan fingerprint density at radius 3 is 2.64 bits per heavy atom. The molecule has 0 saturated heterocycles. The van der Waals surface area contributed by atoms with E-state index in [-0.39, 0.29) is 5.82 Å². The second kappa shape index (κ2) is 10.1. The highest BCUT2D eigenvalue weighted by molar-refractivity contribution is 5.79. The lowest BCUT2D eigenvalue weighted by atomic mass is 10.1. The molecule has 2 heterocycles. The smallest absolute Gasteiger partial charge is 0.226 e. The van der Waals surface area contributed by atoms with Crippen LogP contribution < -0.4 is 10.6 Å². The number of nitrogens with zero attached hydrogens (tertiary/aromatic N) is 4. The van der Waals surface area contributed by atoms with Gasteiger partial charge in [-0.3, -0.25) is 0 Å². The molecule has 0 radical (unpaired) electrons. The summed E-state index contributed by atoms with van der Waals surface area (Å²) in [4.78, 5) is 13.3. The first kappa shape index (κ1) is 22.3. The Hall–Kier alpha value is -3.94. The van der Waals surface area contributed by atoms with E-state index in [9.17, 15) is 4.39 Å². The van der Waals surface area contributed by atoms with Gasteiger partial charge in [0.05, 0.1) is 24.5 Å². The molecule has 2 aromatic heterocycles. The molecule has 0 atom stereocenters. The van der Waals surface area contributed by atoms with Crippen LogP contribution in [0.2, 0.25) is 0 Å². The van der Waals surface area contributed by atoms with E-state index in [1.165, 1.54) is 11.6 Å². The number of hydrogen-bond donors (Lipinski definition) is 2. The minimum absolute atomic E-state index is 0.312. The van der Waals surface area contributed by atoms with Gasteiger partial charge in [0.1, 0.15) is 17.9 Å². The highest BCUT2D eigenvalue weighted by Crippen LogP contribution is 2.19. The quantitative estimate of drug-likeness (QED) is 0.322. The molecule has 4 rings (SSSR count). The van der Waals surface area contributed by atoms with Gasteiger partial charge in [0, 0.05) is 24.5 Å². The Bertz CT molecular complexity index is 1240. The number of rotatable bonds is 7. The molecule has 170 valence electrons. The number of nitrogens with one attached hydrogen (secondary N) is 2. The largest absolute Gasteiger partial charge is 0.444 e. The molecule has 4 aromatic rings. The van der Waals surface area contributed by atoms with Crippen molar-refractivity contribution >= 4 is 5.96 Å². The molecule has 0 aliphatic heterocycles. The van der Waals surface area contributed by atoms with Crippen molar-refractivity contribution in [2.45, 2.75) is 33.9 Å². The molecule has 0 spiro atoms. The van der Waals surface area contributed by atoms with Crippen LogP contribution >= 0.6 is 0 Å². The van der Waals surface area contributed by atoms with Crippen molar-refractivity contribution in [1.82, 2.24) is 25.2 Å². The zero-order valence-electron chi connectivity index (χ0n) is 19.0. The number of benzene rings is 2. The van der Waals surface area contributed by atoms with Crippen LogP contribution in [0.15, 0.2) is 70.5 Å². The number of imidazole rings is 1. The van der Waals surface area contributed by atoms with E-state index in [2.05, 4.69) is 25.6 Å². The minimum Gasteiger partial charge on any atom is -0.444 e. The van der Waals surface area contributed by atoms with Crippen LogP contribution in [0, 0.1) is 19.7 Å². The van der Waals surface area contributed by atoms with Crippen molar-refractivity contribution < 1.29 is 8.81 Å². The molecule has 0 unspecified atom stereocenters. The van der Waals surface area contributed by atoms with Crippen molar-refractivity contribution in [1.29, 1.82) is 0 Å². The maximum absolute atomic E-state index is 14.7. The molecular formula is C25H27FN6O. The summed E-state index contributed by atoms with van der Waals surface area (Å²) in [6.45, 7) is 7.36. The molecule has 2 N–H and O–H groups in total. The van der Waals surface area contributed by atoms with Crippen molar-refractivity contribution in [2.24, 2.45) is 4.99 Å². The van der Waals surface area contributed by atoms with Crippen LogP contribution in [0.5, 0.6) is 0 Å². The number of aliphatic imine (C=N–C) groups is 1. The molecule has 7 nitrogen and oxygen atoms in total. The van der Waals surface area contributed by atoms with Crippen LogP contribution in [-0.2, 0) is 13.1 Å². The predicted octanol–water partition coefficient (Wildman–Crippen LogP) is 4.54. The normalized spacial score (nSPS) is 11.6. The maximum atomic E-state index is 14.7. The van der Waals surface area contributed by atoms with Crippen LogP contribution in [0.4, 0.5) is 4.39 Å². The van der Waals surface area contributed by atoms with Crippen LogP contribution in [0.25, 0.3) is 17.1 Å². The molecule has 8 heteroatoms. The zero-order valence-corrected chi connectivity index (χ0v) is 19.0. The first-order valence-corrected chi connectivity index (χ1v) is 10.9. The van der Waals surface area contributed by atoms with E-state index in [1.807, 2.05) is 51.1 Å². The Balaban J connectivity index is 1.40. The summed E-state index contributed by atoms with van der Waals surface area (Å²) < 4.78 is 22.0.